The molecule has 0 spiro atoms. The van der Waals surface area contributed by atoms with Gasteiger partial charge in [0.2, 0.25) is 0 Å². The molecule has 0 atom stereocenters. The SMILES string of the molecule is CC1CCN(n2cc(-c3ccc4c(c3)CCC4=O)c(-c3ccncc3)n2)CC1. The van der Waals surface area contributed by atoms with E-state index in [1.807, 2.05) is 35.4 Å². The Morgan fingerprint density at radius 1 is 0.964 bits per heavy atom. The van der Waals surface area contributed by atoms with Crippen LogP contribution >= 0.6 is 0 Å². The van der Waals surface area contributed by atoms with E-state index in [1.165, 1.54) is 12.8 Å². The molecule has 2 aliphatic rings. The van der Waals surface area contributed by atoms with Crippen molar-refractivity contribution in [1.29, 1.82) is 0 Å². The van der Waals surface area contributed by atoms with Gasteiger partial charge in [0, 0.05) is 48.6 Å². The molecule has 0 unspecified atom stereocenters. The molecular formula is C23H24N4O. The van der Waals surface area contributed by atoms with E-state index in [9.17, 15) is 4.79 Å². The molecule has 5 nitrogen and oxygen atoms in total. The first-order chi connectivity index (χ1) is 13.7. The number of piperidine rings is 1. The second kappa shape index (κ2) is 6.89. The summed E-state index contributed by atoms with van der Waals surface area (Å²) >= 11 is 0. The molecule has 1 aliphatic carbocycles. The molecule has 0 radical (unpaired) electrons. The second-order valence-electron chi connectivity index (χ2n) is 7.98. The van der Waals surface area contributed by atoms with Gasteiger partial charge in [-0.25, -0.2) is 0 Å². The Hall–Kier alpha value is -2.95. The van der Waals surface area contributed by atoms with Crippen LogP contribution in [0, 0.1) is 5.92 Å². The molecule has 3 aromatic rings. The maximum Gasteiger partial charge on any atom is 0.163 e. The van der Waals surface area contributed by atoms with Crippen LogP contribution in [0.15, 0.2) is 48.9 Å². The van der Waals surface area contributed by atoms with Gasteiger partial charge in [-0.05, 0) is 48.4 Å². The number of hydrogen-bond acceptors (Lipinski definition) is 4. The maximum atomic E-state index is 12.0. The van der Waals surface area contributed by atoms with Crippen LogP contribution in [0.1, 0.15) is 42.1 Å². The molecule has 0 bridgehead atoms. The van der Waals surface area contributed by atoms with E-state index in [0.717, 1.165) is 58.9 Å². The summed E-state index contributed by atoms with van der Waals surface area (Å²) in [6.45, 7) is 4.37. The average molecular weight is 372 g/mol. The van der Waals surface area contributed by atoms with Gasteiger partial charge in [0.25, 0.3) is 0 Å². The minimum absolute atomic E-state index is 0.258. The molecular weight excluding hydrogens is 348 g/mol. The number of rotatable bonds is 3. The summed E-state index contributed by atoms with van der Waals surface area (Å²) in [4.78, 5) is 18.2. The fourth-order valence-electron chi connectivity index (χ4n) is 4.26. The minimum Gasteiger partial charge on any atom is -0.297 e. The topological polar surface area (TPSA) is 51.0 Å². The number of benzene rings is 1. The molecule has 1 fully saturated rings. The van der Waals surface area contributed by atoms with Crippen molar-refractivity contribution < 1.29 is 4.79 Å². The van der Waals surface area contributed by atoms with Crippen molar-refractivity contribution in [3.63, 3.8) is 0 Å². The van der Waals surface area contributed by atoms with Gasteiger partial charge in [-0.3, -0.25) is 14.8 Å². The summed E-state index contributed by atoms with van der Waals surface area (Å²) in [6.07, 6.45) is 9.61. The third kappa shape index (κ3) is 3.01. The van der Waals surface area contributed by atoms with Crippen LogP contribution in [0.4, 0.5) is 0 Å². The summed E-state index contributed by atoms with van der Waals surface area (Å²) in [5.74, 6) is 1.04. The Balaban J connectivity index is 1.59. The molecule has 28 heavy (non-hydrogen) atoms. The number of Topliss-reactive ketones (excluding diaryl/α,β-unsaturated/α-hetero) is 1. The Kier molecular flexibility index (Phi) is 4.23. The number of fused-ring (bicyclic) bond motifs is 1. The van der Waals surface area contributed by atoms with Gasteiger partial charge in [0.1, 0.15) is 5.69 Å². The molecule has 5 heteroatoms. The lowest BCUT2D eigenvalue weighted by molar-refractivity contribution is 0.0994. The van der Waals surface area contributed by atoms with Crippen LogP contribution in [-0.4, -0.2) is 33.7 Å². The number of aromatic nitrogens is 3. The fourth-order valence-corrected chi connectivity index (χ4v) is 4.26. The summed E-state index contributed by atoms with van der Waals surface area (Å²) in [6, 6.07) is 10.2. The van der Waals surface area contributed by atoms with Crippen LogP contribution < -0.4 is 5.01 Å². The maximum absolute atomic E-state index is 12.0. The zero-order valence-corrected chi connectivity index (χ0v) is 16.1. The summed E-state index contributed by atoms with van der Waals surface area (Å²) in [5, 5.41) is 7.29. The second-order valence-corrected chi connectivity index (χ2v) is 7.98. The van der Waals surface area contributed by atoms with E-state index in [4.69, 9.17) is 5.10 Å². The number of ketones is 1. The molecule has 1 aliphatic heterocycles. The largest absolute Gasteiger partial charge is 0.297 e. The van der Waals surface area contributed by atoms with Crippen molar-refractivity contribution in [2.75, 3.05) is 18.1 Å². The first-order valence-corrected chi connectivity index (χ1v) is 10.1. The van der Waals surface area contributed by atoms with E-state index < -0.39 is 0 Å². The van der Waals surface area contributed by atoms with Crippen molar-refractivity contribution in [2.24, 2.45) is 5.92 Å². The van der Waals surface area contributed by atoms with Gasteiger partial charge in [0.05, 0.1) is 6.20 Å². The van der Waals surface area contributed by atoms with Gasteiger partial charge >= 0.3 is 0 Å². The highest BCUT2D eigenvalue weighted by Gasteiger charge is 2.23. The number of hydrogen-bond donors (Lipinski definition) is 0. The van der Waals surface area contributed by atoms with E-state index in [1.54, 1.807) is 0 Å². The zero-order chi connectivity index (χ0) is 19.1. The average Bonchev–Trinajstić information content (AvgIpc) is 3.33. The van der Waals surface area contributed by atoms with Crippen molar-refractivity contribution >= 4 is 5.78 Å². The first-order valence-electron chi connectivity index (χ1n) is 10.1. The number of pyridine rings is 1. The van der Waals surface area contributed by atoms with E-state index in [2.05, 4.69) is 35.2 Å². The van der Waals surface area contributed by atoms with E-state index in [0.29, 0.717) is 6.42 Å². The molecule has 3 heterocycles. The third-order valence-electron chi connectivity index (χ3n) is 6.04. The van der Waals surface area contributed by atoms with Crippen LogP contribution in [0.25, 0.3) is 22.4 Å². The van der Waals surface area contributed by atoms with Crippen LogP contribution in [0.2, 0.25) is 0 Å². The van der Waals surface area contributed by atoms with Crippen molar-refractivity contribution in [2.45, 2.75) is 32.6 Å². The van der Waals surface area contributed by atoms with Crippen LogP contribution in [0.3, 0.4) is 0 Å². The van der Waals surface area contributed by atoms with Crippen molar-refractivity contribution in [3.8, 4) is 22.4 Å². The lowest BCUT2D eigenvalue weighted by Crippen LogP contribution is -2.41. The summed E-state index contributed by atoms with van der Waals surface area (Å²) in [5.41, 5.74) is 6.29. The highest BCUT2D eigenvalue weighted by molar-refractivity contribution is 6.01. The van der Waals surface area contributed by atoms with Crippen LogP contribution in [0.5, 0.6) is 0 Å². The Morgan fingerprint density at radius 2 is 1.75 bits per heavy atom. The Morgan fingerprint density at radius 3 is 2.54 bits per heavy atom. The van der Waals surface area contributed by atoms with Gasteiger partial charge in [-0.1, -0.05) is 25.1 Å². The monoisotopic (exact) mass is 372 g/mol. The predicted molar refractivity (Wildman–Crippen MR) is 110 cm³/mol. The van der Waals surface area contributed by atoms with Gasteiger partial charge in [-0.2, -0.15) is 9.89 Å². The lowest BCUT2D eigenvalue weighted by Gasteiger charge is -2.31. The Labute approximate surface area is 165 Å². The molecule has 2 aromatic heterocycles. The fraction of sp³-hybridized carbons (Fsp3) is 0.348. The molecule has 142 valence electrons. The molecule has 0 saturated carbocycles. The molecule has 1 saturated heterocycles. The van der Waals surface area contributed by atoms with Crippen molar-refractivity contribution in [1.82, 2.24) is 14.9 Å². The van der Waals surface area contributed by atoms with Gasteiger partial charge in [0.15, 0.2) is 5.78 Å². The summed E-state index contributed by atoms with van der Waals surface area (Å²) in [7, 11) is 0. The third-order valence-corrected chi connectivity index (χ3v) is 6.04. The summed E-state index contributed by atoms with van der Waals surface area (Å²) < 4.78 is 0. The van der Waals surface area contributed by atoms with E-state index >= 15 is 0 Å². The molecule has 0 amide bonds. The molecule has 5 rings (SSSR count). The normalized spacial score (nSPS) is 17.2. The highest BCUT2D eigenvalue weighted by Crippen LogP contribution is 2.34. The number of carbonyl (C=O) groups excluding carboxylic acids is 1. The highest BCUT2D eigenvalue weighted by atomic mass is 16.1. The first kappa shape index (κ1) is 17.2. The van der Waals surface area contributed by atoms with E-state index in [-0.39, 0.29) is 5.78 Å². The number of carbonyl (C=O) groups is 1. The lowest BCUT2D eigenvalue weighted by atomic mass is 9.98. The van der Waals surface area contributed by atoms with Gasteiger partial charge in [-0.15, -0.1) is 0 Å². The van der Waals surface area contributed by atoms with Crippen LogP contribution in [-0.2, 0) is 6.42 Å². The molecule has 1 aromatic carbocycles. The Bertz CT molecular complexity index is 1020. The van der Waals surface area contributed by atoms with Gasteiger partial charge < -0.3 is 0 Å². The zero-order valence-electron chi connectivity index (χ0n) is 16.1. The minimum atomic E-state index is 0.258. The predicted octanol–water partition coefficient (Wildman–Crippen LogP) is 4.11. The molecule has 0 N–H and O–H groups in total. The number of nitrogens with zero attached hydrogens (tertiary/aromatic N) is 4. The standard InChI is InChI=1S/C23H24N4O/c1-16-8-12-26(13-9-16)27-15-21(23(25-27)17-6-10-24-11-7-17)19-2-4-20-18(14-19)3-5-22(20)28/h2,4,6-7,10-11,14-16H,3,5,8-9,12-13H2,1H3. The number of aryl methyl sites for hydroxylation is 1. The quantitative estimate of drug-likeness (QED) is 0.694. The smallest absolute Gasteiger partial charge is 0.163 e. The van der Waals surface area contributed by atoms with Crippen molar-refractivity contribution in [3.05, 3.63) is 60.0 Å².